The van der Waals surface area contributed by atoms with Gasteiger partial charge in [-0.2, -0.15) is 0 Å². The predicted octanol–water partition coefficient (Wildman–Crippen LogP) is 4.14. The number of aromatic nitrogens is 2. The molecular weight excluding hydrogens is 370 g/mol. The van der Waals surface area contributed by atoms with Crippen molar-refractivity contribution in [3.05, 3.63) is 68.7 Å². The zero-order valence-corrected chi connectivity index (χ0v) is 14.1. The van der Waals surface area contributed by atoms with Crippen LogP contribution >= 0.6 is 15.9 Å². The van der Waals surface area contributed by atoms with Crippen LogP contribution in [0.4, 0.5) is 5.69 Å². The molecule has 1 aliphatic rings. The van der Waals surface area contributed by atoms with Crippen LogP contribution in [-0.4, -0.2) is 9.97 Å². The van der Waals surface area contributed by atoms with E-state index in [1.165, 1.54) is 5.56 Å². The van der Waals surface area contributed by atoms with E-state index in [9.17, 15) is 4.79 Å². The molecule has 0 amide bonds. The maximum Gasteiger partial charge on any atom is 0.294 e. The van der Waals surface area contributed by atoms with E-state index in [0.717, 1.165) is 22.0 Å². The van der Waals surface area contributed by atoms with Crippen LogP contribution in [0.3, 0.4) is 0 Å². The van der Waals surface area contributed by atoms with Crippen LogP contribution in [0.25, 0.3) is 22.1 Å². The Bertz CT molecular complexity index is 1140. The van der Waals surface area contributed by atoms with Crippen LogP contribution in [-0.2, 0) is 6.42 Å². The van der Waals surface area contributed by atoms with E-state index in [2.05, 4.69) is 32.3 Å². The van der Waals surface area contributed by atoms with Crippen LogP contribution in [0.5, 0.6) is 0 Å². The second-order valence-electron chi connectivity index (χ2n) is 5.93. The summed E-state index contributed by atoms with van der Waals surface area (Å²) in [6, 6.07) is 13.7. The van der Waals surface area contributed by atoms with Crippen molar-refractivity contribution in [1.82, 2.24) is 9.97 Å². The Labute approximate surface area is 144 Å². The molecule has 0 fully saturated rings. The second kappa shape index (κ2) is 4.95. The van der Waals surface area contributed by atoms with Gasteiger partial charge < -0.3 is 14.7 Å². The highest BCUT2D eigenvalue weighted by atomic mass is 79.9. The maximum absolute atomic E-state index is 12.5. The molecule has 6 heteroatoms. The zero-order valence-electron chi connectivity index (χ0n) is 12.5. The molecule has 2 N–H and O–H groups in total. The van der Waals surface area contributed by atoms with Crippen molar-refractivity contribution in [1.29, 1.82) is 0 Å². The molecule has 0 radical (unpaired) electrons. The summed E-state index contributed by atoms with van der Waals surface area (Å²) >= 11 is 3.46. The topological polar surface area (TPSA) is 70.9 Å². The quantitative estimate of drug-likeness (QED) is 0.519. The fourth-order valence-electron chi connectivity index (χ4n) is 3.27. The van der Waals surface area contributed by atoms with E-state index < -0.39 is 0 Å². The van der Waals surface area contributed by atoms with Crippen molar-refractivity contribution < 1.29 is 4.42 Å². The summed E-state index contributed by atoms with van der Waals surface area (Å²) in [5, 5.41) is 4.26. The molecule has 2 aromatic carbocycles. The minimum absolute atomic E-state index is 0.0448. The Hall–Kier alpha value is -2.60. The van der Waals surface area contributed by atoms with Crippen molar-refractivity contribution in [3.63, 3.8) is 0 Å². The van der Waals surface area contributed by atoms with Crippen molar-refractivity contribution in [2.75, 3.05) is 5.32 Å². The van der Waals surface area contributed by atoms with E-state index in [1.807, 2.05) is 36.4 Å². The number of H-pyrrole nitrogens is 1. The summed E-state index contributed by atoms with van der Waals surface area (Å²) < 4.78 is 6.59. The molecule has 0 unspecified atom stereocenters. The normalized spacial score (nSPS) is 16.5. The van der Waals surface area contributed by atoms with Gasteiger partial charge in [-0.05, 0) is 29.8 Å². The first-order valence-corrected chi connectivity index (χ1v) is 8.45. The summed E-state index contributed by atoms with van der Waals surface area (Å²) in [6.45, 7) is 0. The zero-order chi connectivity index (χ0) is 16.3. The largest absolute Gasteiger partial charge is 0.449 e. The molecular formula is C18H12BrN3O2. The minimum Gasteiger partial charge on any atom is -0.449 e. The third-order valence-corrected chi connectivity index (χ3v) is 4.90. The SMILES string of the molecule is O=c1[nH]c([C@@H]2Cc3ccccc3N2)nc2c1oc1ccc(Br)cc12. The highest BCUT2D eigenvalue weighted by Gasteiger charge is 2.25. The van der Waals surface area contributed by atoms with Gasteiger partial charge in [-0.3, -0.25) is 4.79 Å². The molecule has 24 heavy (non-hydrogen) atoms. The molecule has 2 aromatic heterocycles. The monoisotopic (exact) mass is 381 g/mol. The van der Waals surface area contributed by atoms with Gasteiger partial charge in [0.05, 0.1) is 6.04 Å². The van der Waals surface area contributed by atoms with Crippen molar-refractivity contribution in [3.8, 4) is 0 Å². The van der Waals surface area contributed by atoms with Crippen molar-refractivity contribution in [2.45, 2.75) is 12.5 Å². The van der Waals surface area contributed by atoms with E-state index in [0.29, 0.717) is 16.9 Å². The van der Waals surface area contributed by atoms with Gasteiger partial charge in [0.25, 0.3) is 5.56 Å². The molecule has 3 heterocycles. The lowest BCUT2D eigenvalue weighted by atomic mass is 10.1. The summed E-state index contributed by atoms with van der Waals surface area (Å²) in [5.74, 6) is 0.631. The number of halogens is 1. The van der Waals surface area contributed by atoms with Gasteiger partial charge in [-0.1, -0.05) is 34.1 Å². The standard InChI is InChI=1S/C18H12BrN3O2/c19-10-5-6-14-11(8-10)15-16(24-14)18(23)22-17(21-15)13-7-9-3-1-2-4-12(9)20-13/h1-6,8,13,20H,7H2,(H,21,22,23)/t13-/m0/s1. The number of nitrogens with zero attached hydrogens (tertiary/aromatic N) is 1. The Morgan fingerprint density at radius 1 is 1.21 bits per heavy atom. The number of aromatic amines is 1. The first-order valence-electron chi connectivity index (χ1n) is 7.65. The van der Waals surface area contributed by atoms with Gasteiger partial charge in [-0.15, -0.1) is 0 Å². The Balaban J connectivity index is 1.69. The third-order valence-electron chi connectivity index (χ3n) is 4.41. The maximum atomic E-state index is 12.5. The Morgan fingerprint density at radius 3 is 2.96 bits per heavy atom. The molecule has 118 valence electrons. The highest BCUT2D eigenvalue weighted by Crippen LogP contribution is 2.33. The Kier molecular flexibility index (Phi) is 2.84. The van der Waals surface area contributed by atoms with Gasteiger partial charge >= 0.3 is 0 Å². The number of anilines is 1. The summed E-state index contributed by atoms with van der Waals surface area (Å²) in [6.07, 6.45) is 0.796. The number of fused-ring (bicyclic) bond motifs is 4. The average Bonchev–Trinajstić information content (AvgIpc) is 3.16. The highest BCUT2D eigenvalue weighted by molar-refractivity contribution is 9.10. The van der Waals surface area contributed by atoms with Crippen LogP contribution in [0.1, 0.15) is 17.4 Å². The minimum atomic E-state index is -0.250. The summed E-state index contributed by atoms with van der Waals surface area (Å²) in [5.41, 5.74) is 3.59. The smallest absolute Gasteiger partial charge is 0.294 e. The molecule has 0 saturated heterocycles. The molecule has 1 atom stereocenters. The molecule has 0 spiro atoms. The van der Waals surface area contributed by atoms with E-state index >= 15 is 0 Å². The fraction of sp³-hybridized carbons (Fsp3) is 0.111. The van der Waals surface area contributed by atoms with Crippen LogP contribution in [0.15, 0.2) is 56.1 Å². The number of nitrogens with one attached hydrogen (secondary N) is 2. The van der Waals surface area contributed by atoms with E-state index in [-0.39, 0.29) is 17.2 Å². The molecule has 1 aliphatic heterocycles. The van der Waals surface area contributed by atoms with Crippen molar-refractivity contribution in [2.24, 2.45) is 0 Å². The third kappa shape index (κ3) is 1.99. The molecule has 5 nitrogen and oxygen atoms in total. The van der Waals surface area contributed by atoms with Crippen LogP contribution < -0.4 is 10.9 Å². The van der Waals surface area contributed by atoms with Gasteiger partial charge in [0.1, 0.15) is 16.9 Å². The first kappa shape index (κ1) is 13.8. The summed E-state index contributed by atoms with van der Waals surface area (Å²) in [7, 11) is 0. The summed E-state index contributed by atoms with van der Waals surface area (Å²) in [4.78, 5) is 20.0. The number of benzene rings is 2. The Morgan fingerprint density at radius 2 is 2.08 bits per heavy atom. The molecule has 0 bridgehead atoms. The predicted molar refractivity (Wildman–Crippen MR) is 96.3 cm³/mol. The van der Waals surface area contributed by atoms with Gasteiger partial charge in [-0.25, -0.2) is 4.98 Å². The molecule has 0 aliphatic carbocycles. The number of para-hydroxylation sites is 1. The molecule has 4 aromatic rings. The number of furan rings is 1. The number of hydrogen-bond donors (Lipinski definition) is 2. The van der Waals surface area contributed by atoms with Crippen LogP contribution in [0, 0.1) is 0 Å². The first-order chi connectivity index (χ1) is 11.7. The number of hydrogen-bond acceptors (Lipinski definition) is 4. The number of rotatable bonds is 1. The lowest BCUT2D eigenvalue weighted by Gasteiger charge is -2.10. The van der Waals surface area contributed by atoms with E-state index in [4.69, 9.17) is 9.40 Å². The van der Waals surface area contributed by atoms with Gasteiger partial charge in [0.15, 0.2) is 0 Å². The molecule has 0 saturated carbocycles. The average molecular weight is 382 g/mol. The lowest BCUT2D eigenvalue weighted by molar-refractivity contribution is 0.655. The van der Waals surface area contributed by atoms with Gasteiger partial charge in [0.2, 0.25) is 5.58 Å². The fourth-order valence-corrected chi connectivity index (χ4v) is 3.63. The molecule has 5 rings (SSSR count). The van der Waals surface area contributed by atoms with E-state index in [1.54, 1.807) is 0 Å². The van der Waals surface area contributed by atoms with Crippen LogP contribution in [0.2, 0.25) is 0 Å². The van der Waals surface area contributed by atoms with Crippen molar-refractivity contribution >= 4 is 43.7 Å². The second-order valence-corrected chi connectivity index (χ2v) is 6.85. The lowest BCUT2D eigenvalue weighted by Crippen LogP contribution is -2.17. The van der Waals surface area contributed by atoms with Gasteiger partial charge in [0, 0.05) is 22.0 Å².